The molecular weight excluding hydrogens is 349 g/mol. The molecule has 5 heteroatoms. The van der Waals surface area contributed by atoms with Gasteiger partial charge in [0, 0.05) is 16.6 Å². The minimum Gasteiger partial charge on any atom is -0.358 e. The Morgan fingerprint density at radius 3 is 2.46 bits per heavy atom. The van der Waals surface area contributed by atoms with E-state index >= 15 is 0 Å². The van der Waals surface area contributed by atoms with Gasteiger partial charge in [-0.25, -0.2) is 12.8 Å². The average Bonchev–Trinajstić information content (AvgIpc) is 2.91. The van der Waals surface area contributed by atoms with Gasteiger partial charge in [0.1, 0.15) is 5.82 Å². The van der Waals surface area contributed by atoms with Gasteiger partial charge in [-0.1, -0.05) is 31.9 Å². The Bertz CT molecular complexity index is 1000. The SMILES string of the molecule is CCCCCS(=O)(=O)c1ccc(Cc2c(C)[nH]c3ccc(F)cc23)cc1. The van der Waals surface area contributed by atoms with Crippen molar-refractivity contribution in [1.82, 2.24) is 4.98 Å². The maximum absolute atomic E-state index is 13.6. The van der Waals surface area contributed by atoms with Crippen LogP contribution in [0.4, 0.5) is 4.39 Å². The van der Waals surface area contributed by atoms with Crippen molar-refractivity contribution in [3.05, 3.63) is 65.1 Å². The van der Waals surface area contributed by atoms with Crippen LogP contribution in [0.3, 0.4) is 0 Å². The summed E-state index contributed by atoms with van der Waals surface area (Å²) in [4.78, 5) is 3.65. The van der Waals surface area contributed by atoms with E-state index in [-0.39, 0.29) is 11.6 Å². The molecule has 3 nitrogen and oxygen atoms in total. The third-order valence-electron chi connectivity index (χ3n) is 4.76. The average molecular weight is 373 g/mol. The van der Waals surface area contributed by atoms with Gasteiger partial charge in [-0.15, -0.1) is 0 Å². The molecule has 0 amide bonds. The molecule has 0 aliphatic heterocycles. The highest BCUT2D eigenvalue weighted by molar-refractivity contribution is 7.91. The second kappa shape index (κ2) is 7.62. The highest BCUT2D eigenvalue weighted by atomic mass is 32.2. The third kappa shape index (κ3) is 3.98. The van der Waals surface area contributed by atoms with Gasteiger partial charge in [0.25, 0.3) is 0 Å². The summed E-state index contributed by atoms with van der Waals surface area (Å²) in [6.07, 6.45) is 3.25. The summed E-state index contributed by atoms with van der Waals surface area (Å²) in [5, 5.41) is 0.874. The standard InChI is InChI=1S/C21H24FNO2S/c1-3-4-5-12-26(24,25)18-9-6-16(7-10-18)13-19-15(2)23-21-11-8-17(22)14-20(19)21/h6-11,14,23H,3-5,12-13H2,1-2H3. The summed E-state index contributed by atoms with van der Waals surface area (Å²) in [6, 6.07) is 11.8. The van der Waals surface area contributed by atoms with Crippen LogP contribution >= 0.6 is 0 Å². The van der Waals surface area contributed by atoms with E-state index in [1.807, 2.05) is 19.1 Å². The lowest BCUT2D eigenvalue weighted by Gasteiger charge is -2.07. The summed E-state index contributed by atoms with van der Waals surface area (Å²) in [7, 11) is -3.22. The minimum atomic E-state index is -3.22. The lowest BCUT2D eigenvalue weighted by molar-refractivity contribution is 0.591. The van der Waals surface area contributed by atoms with Crippen molar-refractivity contribution in [2.45, 2.75) is 44.4 Å². The number of aryl methyl sites for hydroxylation is 1. The van der Waals surface area contributed by atoms with Crippen LogP contribution < -0.4 is 0 Å². The Labute approximate surface area is 154 Å². The lowest BCUT2D eigenvalue weighted by atomic mass is 10.0. The van der Waals surface area contributed by atoms with Crippen LogP contribution in [0.5, 0.6) is 0 Å². The summed E-state index contributed by atoms with van der Waals surface area (Å²) >= 11 is 0. The minimum absolute atomic E-state index is 0.195. The molecule has 2 aromatic carbocycles. The molecule has 26 heavy (non-hydrogen) atoms. The van der Waals surface area contributed by atoms with Crippen molar-refractivity contribution < 1.29 is 12.8 Å². The van der Waals surface area contributed by atoms with Gasteiger partial charge in [0.2, 0.25) is 0 Å². The zero-order valence-corrected chi connectivity index (χ0v) is 16.0. The Morgan fingerprint density at radius 2 is 1.77 bits per heavy atom. The summed E-state index contributed by atoms with van der Waals surface area (Å²) < 4.78 is 38.3. The number of fused-ring (bicyclic) bond motifs is 1. The van der Waals surface area contributed by atoms with Crippen molar-refractivity contribution in [3.63, 3.8) is 0 Å². The number of unbranched alkanes of at least 4 members (excludes halogenated alkanes) is 2. The Hall–Kier alpha value is -2.14. The fourth-order valence-electron chi connectivity index (χ4n) is 3.26. The van der Waals surface area contributed by atoms with E-state index in [1.54, 1.807) is 24.3 Å². The normalized spacial score (nSPS) is 12.0. The number of aromatic amines is 1. The number of rotatable bonds is 7. The molecule has 0 aliphatic carbocycles. The smallest absolute Gasteiger partial charge is 0.178 e. The third-order valence-corrected chi connectivity index (χ3v) is 6.58. The van der Waals surface area contributed by atoms with Crippen molar-refractivity contribution in [3.8, 4) is 0 Å². The maximum atomic E-state index is 13.6. The van der Waals surface area contributed by atoms with Crippen molar-refractivity contribution in [2.24, 2.45) is 0 Å². The molecule has 0 saturated carbocycles. The van der Waals surface area contributed by atoms with E-state index in [4.69, 9.17) is 0 Å². The first-order valence-electron chi connectivity index (χ1n) is 8.99. The first-order chi connectivity index (χ1) is 12.4. The number of benzene rings is 2. The lowest BCUT2D eigenvalue weighted by Crippen LogP contribution is -2.06. The molecule has 0 fully saturated rings. The fourth-order valence-corrected chi connectivity index (χ4v) is 4.63. The summed E-state index contributed by atoms with van der Waals surface area (Å²) in [5.41, 5.74) is 3.96. The highest BCUT2D eigenvalue weighted by Gasteiger charge is 2.15. The van der Waals surface area contributed by atoms with Crippen LogP contribution in [-0.2, 0) is 16.3 Å². The Morgan fingerprint density at radius 1 is 1.04 bits per heavy atom. The molecule has 3 aromatic rings. The summed E-state index contributed by atoms with van der Waals surface area (Å²) in [6.45, 7) is 4.03. The van der Waals surface area contributed by atoms with Crippen molar-refractivity contribution >= 4 is 20.7 Å². The van der Waals surface area contributed by atoms with Gasteiger partial charge in [0.15, 0.2) is 9.84 Å². The van der Waals surface area contributed by atoms with Gasteiger partial charge in [0.05, 0.1) is 10.6 Å². The first-order valence-corrected chi connectivity index (χ1v) is 10.6. The van der Waals surface area contributed by atoms with Gasteiger partial charge in [-0.2, -0.15) is 0 Å². The number of hydrogen-bond donors (Lipinski definition) is 1. The van der Waals surface area contributed by atoms with Gasteiger partial charge in [-0.05, 0) is 61.2 Å². The molecule has 138 valence electrons. The molecule has 0 unspecified atom stereocenters. The Kier molecular flexibility index (Phi) is 5.47. The highest BCUT2D eigenvalue weighted by Crippen LogP contribution is 2.26. The second-order valence-electron chi connectivity index (χ2n) is 6.77. The van der Waals surface area contributed by atoms with Crippen LogP contribution in [-0.4, -0.2) is 19.2 Å². The van der Waals surface area contributed by atoms with E-state index in [2.05, 4.69) is 11.9 Å². The van der Waals surface area contributed by atoms with Crippen LogP contribution in [0.25, 0.3) is 10.9 Å². The van der Waals surface area contributed by atoms with E-state index in [1.165, 1.54) is 6.07 Å². The number of hydrogen-bond acceptors (Lipinski definition) is 2. The molecular formula is C21H24FNO2S. The van der Waals surface area contributed by atoms with Crippen LogP contribution in [0, 0.1) is 12.7 Å². The number of nitrogens with one attached hydrogen (secondary N) is 1. The van der Waals surface area contributed by atoms with Crippen LogP contribution in [0.15, 0.2) is 47.4 Å². The number of halogens is 1. The maximum Gasteiger partial charge on any atom is 0.178 e. The second-order valence-corrected chi connectivity index (χ2v) is 8.87. The molecule has 1 N–H and O–H groups in total. The fraction of sp³-hybridized carbons (Fsp3) is 0.333. The molecule has 0 saturated heterocycles. The van der Waals surface area contributed by atoms with Gasteiger partial charge in [-0.3, -0.25) is 0 Å². The topological polar surface area (TPSA) is 49.9 Å². The monoisotopic (exact) mass is 373 g/mol. The quantitative estimate of drug-likeness (QED) is 0.581. The zero-order chi connectivity index (χ0) is 18.7. The molecule has 0 spiro atoms. The molecule has 0 bridgehead atoms. The van der Waals surface area contributed by atoms with Crippen molar-refractivity contribution in [2.75, 3.05) is 5.75 Å². The largest absolute Gasteiger partial charge is 0.358 e. The molecule has 0 radical (unpaired) electrons. The molecule has 1 heterocycles. The molecule has 1 aromatic heterocycles. The number of sulfone groups is 1. The molecule has 3 rings (SSSR count). The van der Waals surface area contributed by atoms with Gasteiger partial charge >= 0.3 is 0 Å². The summed E-state index contributed by atoms with van der Waals surface area (Å²) in [5.74, 6) is -0.0626. The molecule has 0 aliphatic rings. The van der Waals surface area contributed by atoms with E-state index in [0.717, 1.165) is 40.6 Å². The first kappa shape index (κ1) is 18.6. The van der Waals surface area contributed by atoms with Crippen LogP contribution in [0.1, 0.15) is 43.0 Å². The van der Waals surface area contributed by atoms with Crippen molar-refractivity contribution in [1.29, 1.82) is 0 Å². The van der Waals surface area contributed by atoms with E-state index in [9.17, 15) is 12.8 Å². The molecule has 0 atom stereocenters. The Balaban J connectivity index is 1.82. The number of aromatic nitrogens is 1. The number of H-pyrrole nitrogens is 1. The van der Waals surface area contributed by atoms with Gasteiger partial charge < -0.3 is 4.98 Å². The predicted octanol–water partition coefficient (Wildman–Crippen LogP) is 5.17. The zero-order valence-electron chi connectivity index (χ0n) is 15.2. The van der Waals surface area contributed by atoms with E-state index < -0.39 is 9.84 Å². The van der Waals surface area contributed by atoms with Crippen LogP contribution in [0.2, 0.25) is 0 Å². The van der Waals surface area contributed by atoms with E-state index in [0.29, 0.717) is 17.7 Å². The predicted molar refractivity (Wildman–Crippen MR) is 104 cm³/mol.